The normalized spacial score (nSPS) is 14.5. The number of para-hydroxylation sites is 1. The van der Waals surface area contributed by atoms with Crippen LogP contribution in [0, 0.1) is 20.8 Å². The number of H-pyrrole nitrogens is 1. The standard InChI is InChI=1S/C23H27N3O2/c1-15-12-18(22-20(13-15)16(2)17(3)25-22)14-24-23(27)19-6-4-5-7-21(19)26-8-10-28-11-9-26/h4-7,12-13,25H,8-11,14H2,1-3H3,(H,24,27). The Hall–Kier alpha value is -2.79. The predicted molar refractivity (Wildman–Crippen MR) is 113 cm³/mol. The molecule has 0 bridgehead atoms. The van der Waals surface area contributed by atoms with E-state index in [1.165, 1.54) is 22.2 Å². The van der Waals surface area contributed by atoms with Gasteiger partial charge in [-0.1, -0.05) is 23.8 Å². The highest BCUT2D eigenvalue weighted by Gasteiger charge is 2.18. The molecule has 0 unspecified atom stereocenters. The van der Waals surface area contributed by atoms with E-state index in [0.717, 1.165) is 29.9 Å². The number of benzene rings is 2. The molecule has 28 heavy (non-hydrogen) atoms. The summed E-state index contributed by atoms with van der Waals surface area (Å²) in [7, 11) is 0. The largest absolute Gasteiger partial charge is 0.378 e. The van der Waals surface area contributed by atoms with Crippen molar-refractivity contribution in [3.05, 3.63) is 64.3 Å². The van der Waals surface area contributed by atoms with Gasteiger partial charge in [0.1, 0.15) is 0 Å². The zero-order chi connectivity index (χ0) is 19.7. The lowest BCUT2D eigenvalue weighted by Crippen LogP contribution is -2.37. The molecule has 0 radical (unpaired) electrons. The summed E-state index contributed by atoms with van der Waals surface area (Å²) in [5.74, 6) is -0.0447. The first-order chi connectivity index (χ1) is 13.5. The molecule has 4 rings (SSSR count). The van der Waals surface area contributed by atoms with Crippen LogP contribution >= 0.6 is 0 Å². The fourth-order valence-electron chi connectivity index (χ4n) is 3.94. The van der Waals surface area contributed by atoms with Crippen LogP contribution in [0.5, 0.6) is 0 Å². The maximum absolute atomic E-state index is 13.0. The second kappa shape index (κ2) is 7.68. The van der Waals surface area contributed by atoms with Crippen molar-refractivity contribution in [2.75, 3.05) is 31.2 Å². The third-order valence-electron chi connectivity index (χ3n) is 5.58. The van der Waals surface area contributed by atoms with E-state index in [0.29, 0.717) is 25.3 Å². The van der Waals surface area contributed by atoms with Gasteiger partial charge < -0.3 is 19.9 Å². The zero-order valence-corrected chi connectivity index (χ0v) is 16.8. The lowest BCUT2D eigenvalue weighted by molar-refractivity contribution is 0.0949. The minimum atomic E-state index is -0.0447. The molecule has 1 aliphatic heterocycles. The molecule has 3 aromatic rings. The van der Waals surface area contributed by atoms with Crippen molar-refractivity contribution in [2.24, 2.45) is 0 Å². The van der Waals surface area contributed by atoms with Gasteiger partial charge in [-0.05, 0) is 50.1 Å². The number of morpholine rings is 1. The van der Waals surface area contributed by atoms with Gasteiger partial charge in [-0.2, -0.15) is 0 Å². The van der Waals surface area contributed by atoms with E-state index in [9.17, 15) is 4.79 Å². The third-order valence-corrected chi connectivity index (χ3v) is 5.58. The van der Waals surface area contributed by atoms with Crippen LogP contribution < -0.4 is 10.2 Å². The minimum Gasteiger partial charge on any atom is -0.378 e. The lowest BCUT2D eigenvalue weighted by atomic mass is 10.0. The highest BCUT2D eigenvalue weighted by Crippen LogP contribution is 2.26. The molecule has 0 aliphatic carbocycles. The van der Waals surface area contributed by atoms with Crippen molar-refractivity contribution in [1.82, 2.24) is 10.3 Å². The van der Waals surface area contributed by atoms with Crippen molar-refractivity contribution >= 4 is 22.5 Å². The van der Waals surface area contributed by atoms with E-state index < -0.39 is 0 Å². The Kier molecular flexibility index (Phi) is 5.09. The summed E-state index contributed by atoms with van der Waals surface area (Å²) in [6, 6.07) is 12.2. The van der Waals surface area contributed by atoms with Gasteiger partial charge in [0.25, 0.3) is 5.91 Å². The maximum Gasteiger partial charge on any atom is 0.253 e. The predicted octanol–water partition coefficient (Wildman–Crippen LogP) is 3.86. The summed E-state index contributed by atoms with van der Waals surface area (Å²) >= 11 is 0. The number of hydrogen-bond acceptors (Lipinski definition) is 3. The van der Waals surface area contributed by atoms with Gasteiger partial charge in [0.2, 0.25) is 0 Å². The third kappa shape index (κ3) is 3.50. The first-order valence-electron chi connectivity index (χ1n) is 9.83. The molecule has 5 heteroatoms. The van der Waals surface area contributed by atoms with Crippen LogP contribution in [-0.2, 0) is 11.3 Å². The Labute approximate surface area is 165 Å². The molecular formula is C23H27N3O2. The van der Waals surface area contributed by atoms with Crippen LogP contribution in [0.15, 0.2) is 36.4 Å². The SMILES string of the molecule is Cc1cc(CNC(=O)c2ccccc2N2CCOCC2)c2[nH]c(C)c(C)c2c1. The van der Waals surface area contributed by atoms with Crippen LogP contribution in [0.1, 0.15) is 32.7 Å². The van der Waals surface area contributed by atoms with E-state index in [-0.39, 0.29) is 5.91 Å². The quantitative estimate of drug-likeness (QED) is 0.726. The molecule has 1 fully saturated rings. The number of nitrogens with zero attached hydrogens (tertiary/aromatic N) is 1. The number of aromatic amines is 1. The Morgan fingerprint density at radius 1 is 1.14 bits per heavy atom. The zero-order valence-electron chi connectivity index (χ0n) is 16.8. The van der Waals surface area contributed by atoms with Gasteiger partial charge in [0, 0.05) is 36.4 Å². The van der Waals surface area contributed by atoms with E-state index in [1.54, 1.807) is 0 Å². The molecule has 1 aliphatic rings. The van der Waals surface area contributed by atoms with Crippen LogP contribution in [0.25, 0.3) is 10.9 Å². The van der Waals surface area contributed by atoms with Crippen molar-refractivity contribution in [3.8, 4) is 0 Å². The minimum absolute atomic E-state index is 0.0447. The molecule has 5 nitrogen and oxygen atoms in total. The fourth-order valence-corrected chi connectivity index (χ4v) is 3.94. The summed E-state index contributed by atoms with van der Waals surface area (Å²) in [5.41, 5.74) is 7.56. The van der Waals surface area contributed by atoms with Crippen molar-refractivity contribution in [3.63, 3.8) is 0 Å². The first kappa shape index (κ1) is 18.6. The topological polar surface area (TPSA) is 57.4 Å². The Bertz CT molecular complexity index is 1020. The monoisotopic (exact) mass is 377 g/mol. The number of amides is 1. The van der Waals surface area contributed by atoms with Crippen LogP contribution in [0.2, 0.25) is 0 Å². The second-order valence-corrected chi connectivity index (χ2v) is 7.52. The second-order valence-electron chi connectivity index (χ2n) is 7.52. The summed E-state index contributed by atoms with van der Waals surface area (Å²) in [4.78, 5) is 18.7. The molecule has 2 N–H and O–H groups in total. The molecule has 2 heterocycles. The number of hydrogen-bond donors (Lipinski definition) is 2. The van der Waals surface area contributed by atoms with Gasteiger partial charge in [-0.25, -0.2) is 0 Å². The summed E-state index contributed by atoms with van der Waals surface area (Å²) in [6.07, 6.45) is 0. The lowest BCUT2D eigenvalue weighted by Gasteiger charge is -2.30. The number of carbonyl (C=O) groups is 1. The van der Waals surface area contributed by atoms with Gasteiger partial charge >= 0.3 is 0 Å². The van der Waals surface area contributed by atoms with E-state index >= 15 is 0 Å². The van der Waals surface area contributed by atoms with Gasteiger partial charge in [-0.15, -0.1) is 0 Å². The average molecular weight is 377 g/mol. The fraction of sp³-hybridized carbons (Fsp3) is 0.348. The summed E-state index contributed by atoms with van der Waals surface area (Å²) in [5, 5.41) is 4.36. The molecule has 146 valence electrons. The Morgan fingerprint density at radius 3 is 2.68 bits per heavy atom. The highest BCUT2D eigenvalue weighted by molar-refractivity contribution is 6.00. The number of aryl methyl sites for hydroxylation is 3. The van der Waals surface area contributed by atoms with Crippen LogP contribution in [0.4, 0.5) is 5.69 Å². The number of rotatable bonds is 4. The van der Waals surface area contributed by atoms with Crippen molar-refractivity contribution < 1.29 is 9.53 Å². The van der Waals surface area contributed by atoms with Gasteiger partial charge in [0.05, 0.1) is 24.3 Å². The number of ether oxygens (including phenoxy) is 1. The summed E-state index contributed by atoms with van der Waals surface area (Å²) < 4.78 is 5.44. The molecule has 1 amide bonds. The smallest absolute Gasteiger partial charge is 0.253 e. The molecule has 1 saturated heterocycles. The highest BCUT2D eigenvalue weighted by atomic mass is 16.5. The number of anilines is 1. The number of aromatic nitrogens is 1. The molecule has 0 atom stereocenters. The van der Waals surface area contributed by atoms with E-state index in [4.69, 9.17) is 4.74 Å². The van der Waals surface area contributed by atoms with Crippen molar-refractivity contribution in [1.29, 1.82) is 0 Å². The van der Waals surface area contributed by atoms with Crippen molar-refractivity contribution in [2.45, 2.75) is 27.3 Å². The number of fused-ring (bicyclic) bond motifs is 1. The van der Waals surface area contributed by atoms with E-state index in [2.05, 4.69) is 48.1 Å². The Balaban J connectivity index is 1.57. The van der Waals surface area contributed by atoms with E-state index in [1.807, 2.05) is 24.3 Å². The number of carbonyl (C=O) groups excluding carboxylic acids is 1. The molecule has 2 aromatic carbocycles. The van der Waals surface area contributed by atoms with Gasteiger partial charge in [-0.3, -0.25) is 4.79 Å². The van der Waals surface area contributed by atoms with Crippen LogP contribution in [-0.4, -0.2) is 37.2 Å². The average Bonchev–Trinajstić information content (AvgIpc) is 3.01. The molecule has 0 spiro atoms. The number of nitrogens with one attached hydrogen (secondary N) is 2. The van der Waals surface area contributed by atoms with Gasteiger partial charge in [0.15, 0.2) is 0 Å². The molecule has 0 saturated carbocycles. The Morgan fingerprint density at radius 2 is 1.89 bits per heavy atom. The maximum atomic E-state index is 13.0. The summed E-state index contributed by atoms with van der Waals surface area (Å²) in [6.45, 7) is 9.83. The first-order valence-corrected chi connectivity index (χ1v) is 9.83. The molecular weight excluding hydrogens is 350 g/mol. The molecule has 1 aromatic heterocycles. The van der Waals surface area contributed by atoms with Crippen LogP contribution in [0.3, 0.4) is 0 Å².